The molecule has 0 radical (unpaired) electrons. The second-order valence-electron chi connectivity index (χ2n) is 4.61. The van der Waals surface area contributed by atoms with Crippen molar-refractivity contribution in [1.82, 2.24) is 0 Å². The van der Waals surface area contributed by atoms with Crippen LogP contribution >= 0.6 is 27.7 Å². The predicted molar refractivity (Wildman–Crippen MR) is 95.1 cm³/mol. The van der Waals surface area contributed by atoms with Gasteiger partial charge in [-0.2, -0.15) is 0 Å². The normalized spacial score (nSPS) is 10.2. The van der Waals surface area contributed by atoms with E-state index in [9.17, 15) is 14.0 Å². The van der Waals surface area contributed by atoms with Gasteiger partial charge in [0.15, 0.2) is 0 Å². The molecule has 0 aliphatic heterocycles. The number of halogens is 2. The molecule has 0 aromatic heterocycles. The molecule has 2 amide bonds. The Hall–Kier alpha value is -1.86. The van der Waals surface area contributed by atoms with Gasteiger partial charge in [0, 0.05) is 15.8 Å². The zero-order chi connectivity index (χ0) is 16.7. The number of carbonyl (C=O) groups excluding carboxylic acids is 2. The molecular weight excluding hydrogens is 383 g/mol. The number of anilines is 2. The van der Waals surface area contributed by atoms with Crippen molar-refractivity contribution in [2.45, 2.75) is 0 Å². The van der Waals surface area contributed by atoms with Gasteiger partial charge in [-0.25, -0.2) is 4.39 Å². The second-order valence-corrected chi connectivity index (χ2v) is 6.51. The Morgan fingerprint density at radius 3 is 2.17 bits per heavy atom. The lowest BCUT2D eigenvalue weighted by molar-refractivity contribution is -0.114. The summed E-state index contributed by atoms with van der Waals surface area (Å²) in [5, 5.41) is 5.38. The third-order valence-electron chi connectivity index (χ3n) is 2.70. The molecule has 23 heavy (non-hydrogen) atoms. The maximum absolute atomic E-state index is 12.8. The Balaban J connectivity index is 1.70. The maximum atomic E-state index is 12.8. The molecule has 0 heterocycles. The fraction of sp³-hybridized carbons (Fsp3) is 0.125. The van der Waals surface area contributed by atoms with E-state index in [1.807, 2.05) is 12.1 Å². The molecule has 0 fully saturated rings. The molecule has 2 aromatic rings. The lowest BCUT2D eigenvalue weighted by atomic mass is 10.3. The van der Waals surface area contributed by atoms with E-state index in [1.54, 1.807) is 12.1 Å². The van der Waals surface area contributed by atoms with Crippen LogP contribution in [0, 0.1) is 5.82 Å². The van der Waals surface area contributed by atoms with Crippen molar-refractivity contribution in [2.75, 3.05) is 22.1 Å². The number of hydrogen-bond acceptors (Lipinski definition) is 3. The number of rotatable bonds is 6. The zero-order valence-corrected chi connectivity index (χ0v) is 14.4. The molecule has 0 unspecified atom stereocenters. The Bertz CT molecular complexity index is 695. The van der Waals surface area contributed by atoms with Gasteiger partial charge in [0.25, 0.3) is 0 Å². The lowest BCUT2D eigenvalue weighted by Gasteiger charge is -2.06. The van der Waals surface area contributed by atoms with Gasteiger partial charge in [0.1, 0.15) is 5.82 Å². The first-order chi connectivity index (χ1) is 11.0. The largest absolute Gasteiger partial charge is 0.325 e. The second kappa shape index (κ2) is 8.69. The summed E-state index contributed by atoms with van der Waals surface area (Å²) in [7, 11) is 0. The maximum Gasteiger partial charge on any atom is 0.234 e. The molecule has 2 rings (SSSR count). The fourth-order valence-electron chi connectivity index (χ4n) is 1.73. The van der Waals surface area contributed by atoms with Crippen LogP contribution in [0.15, 0.2) is 53.0 Å². The average molecular weight is 397 g/mol. The first-order valence-corrected chi connectivity index (χ1v) is 8.66. The Kier molecular flexibility index (Phi) is 6.61. The van der Waals surface area contributed by atoms with Gasteiger partial charge in [0.05, 0.1) is 11.5 Å². The van der Waals surface area contributed by atoms with Crippen LogP contribution in [-0.4, -0.2) is 23.3 Å². The first kappa shape index (κ1) is 17.5. The third kappa shape index (κ3) is 6.42. The first-order valence-electron chi connectivity index (χ1n) is 6.71. The minimum atomic E-state index is -0.360. The van der Waals surface area contributed by atoms with E-state index in [-0.39, 0.29) is 29.1 Å². The van der Waals surface area contributed by atoms with Gasteiger partial charge >= 0.3 is 0 Å². The molecular formula is C16H14BrFN2O2S. The predicted octanol–water partition coefficient (Wildman–Crippen LogP) is 3.90. The number of thioether (sulfide) groups is 1. The summed E-state index contributed by atoms with van der Waals surface area (Å²) in [6.07, 6.45) is 0. The summed E-state index contributed by atoms with van der Waals surface area (Å²) >= 11 is 4.53. The van der Waals surface area contributed by atoms with Crippen LogP contribution < -0.4 is 10.6 Å². The number of carbonyl (C=O) groups is 2. The summed E-state index contributed by atoms with van der Waals surface area (Å²) in [6.45, 7) is 0. The van der Waals surface area contributed by atoms with Gasteiger partial charge in [0.2, 0.25) is 11.8 Å². The summed E-state index contributed by atoms with van der Waals surface area (Å²) in [6, 6.07) is 12.8. The van der Waals surface area contributed by atoms with E-state index in [2.05, 4.69) is 26.6 Å². The number of hydrogen-bond donors (Lipinski definition) is 2. The average Bonchev–Trinajstić information content (AvgIpc) is 2.49. The van der Waals surface area contributed by atoms with Gasteiger partial charge < -0.3 is 10.6 Å². The lowest BCUT2D eigenvalue weighted by Crippen LogP contribution is -2.18. The minimum absolute atomic E-state index is 0.142. The van der Waals surface area contributed by atoms with Crippen molar-refractivity contribution >= 4 is 50.9 Å². The van der Waals surface area contributed by atoms with Gasteiger partial charge in [-0.15, -0.1) is 11.8 Å². The molecule has 2 N–H and O–H groups in total. The van der Waals surface area contributed by atoms with Gasteiger partial charge in [-0.1, -0.05) is 22.0 Å². The van der Waals surface area contributed by atoms with Crippen molar-refractivity contribution in [1.29, 1.82) is 0 Å². The molecule has 0 spiro atoms. The van der Waals surface area contributed by atoms with Crippen LogP contribution in [0.3, 0.4) is 0 Å². The molecule has 0 saturated carbocycles. The van der Waals surface area contributed by atoms with Crippen LogP contribution in [0.4, 0.5) is 15.8 Å². The molecule has 120 valence electrons. The molecule has 0 atom stereocenters. The van der Waals surface area contributed by atoms with Crippen LogP contribution in [0.2, 0.25) is 0 Å². The van der Waals surface area contributed by atoms with Gasteiger partial charge in [-0.3, -0.25) is 9.59 Å². The zero-order valence-electron chi connectivity index (χ0n) is 12.0. The Labute approximate surface area is 146 Å². The topological polar surface area (TPSA) is 58.2 Å². The fourth-order valence-corrected chi connectivity index (χ4v) is 2.75. The summed E-state index contributed by atoms with van der Waals surface area (Å²) in [5.74, 6) is -0.465. The third-order valence-corrected chi connectivity index (χ3v) is 4.13. The molecule has 0 aliphatic rings. The molecule has 0 aliphatic carbocycles. The Morgan fingerprint density at radius 2 is 1.57 bits per heavy atom. The number of benzene rings is 2. The minimum Gasteiger partial charge on any atom is -0.325 e. The summed E-state index contributed by atoms with van der Waals surface area (Å²) in [4.78, 5) is 23.5. The smallest absolute Gasteiger partial charge is 0.234 e. The molecule has 7 heteroatoms. The highest BCUT2D eigenvalue weighted by molar-refractivity contribution is 9.10. The van der Waals surface area contributed by atoms with Crippen LogP contribution in [0.5, 0.6) is 0 Å². The molecule has 2 aromatic carbocycles. The van der Waals surface area contributed by atoms with Crippen molar-refractivity contribution in [3.8, 4) is 0 Å². The van der Waals surface area contributed by atoms with Crippen molar-refractivity contribution in [3.05, 3.63) is 58.8 Å². The SMILES string of the molecule is O=C(CSCC(=O)Nc1cccc(Br)c1)Nc1ccc(F)cc1. The monoisotopic (exact) mass is 396 g/mol. The van der Waals surface area contributed by atoms with Crippen LogP contribution in [0.25, 0.3) is 0 Å². The van der Waals surface area contributed by atoms with E-state index in [1.165, 1.54) is 36.0 Å². The van der Waals surface area contributed by atoms with Crippen molar-refractivity contribution < 1.29 is 14.0 Å². The van der Waals surface area contributed by atoms with E-state index in [4.69, 9.17) is 0 Å². The highest BCUT2D eigenvalue weighted by Crippen LogP contribution is 2.16. The quantitative estimate of drug-likeness (QED) is 0.778. The summed E-state index contributed by atoms with van der Waals surface area (Å²) in [5.41, 5.74) is 1.22. The van der Waals surface area contributed by atoms with E-state index in [0.29, 0.717) is 11.4 Å². The van der Waals surface area contributed by atoms with E-state index >= 15 is 0 Å². The van der Waals surface area contributed by atoms with Gasteiger partial charge in [-0.05, 0) is 42.5 Å². The van der Waals surface area contributed by atoms with Crippen molar-refractivity contribution in [3.63, 3.8) is 0 Å². The highest BCUT2D eigenvalue weighted by atomic mass is 79.9. The molecule has 0 bridgehead atoms. The number of nitrogens with one attached hydrogen (secondary N) is 2. The highest BCUT2D eigenvalue weighted by Gasteiger charge is 2.07. The summed E-state index contributed by atoms with van der Waals surface area (Å²) < 4.78 is 13.6. The number of amides is 2. The van der Waals surface area contributed by atoms with Crippen molar-refractivity contribution in [2.24, 2.45) is 0 Å². The van der Waals surface area contributed by atoms with Crippen LogP contribution in [-0.2, 0) is 9.59 Å². The van der Waals surface area contributed by atoms with E-state index in [0.717, 1.165) is 4.47 Å². The van der Waals surface area contributed by atoms with Crippen LogP contribution in [0.1, 0.15) is 0 Å². The van der Waals surface area contributed by atoms with E-state index < -0.39 is 0 Å². The molecule has 0 saturated heterocycles. The standard InChI is InChI=1S/C16H14BrFN2O2S/c17-11-2-1-3-14(8-11)20-16(22)10-23-9-15(21)19-13-6-4-12(18)5-7-13/h1-8H,9-10H2,(H,19,21)(H,20,22). The Morgan fingerprint density at radius 1 is 0.957 bits per heavy atom. The molecule has 4 nitrogen and oxygen atoms in total.